The Kier molecular flexibility index (Phi) is 5.88. The van der Waals surface area contributed by atoms with Crippen molar-refractivity contribution in [2.24, 2.45) is 0 Å². The van der Waals surface area contributed by atoms with Crippen LogP contribution in [0.3, 0.4) is 0 Å². The van der Waals surface area contributed by atoms with Crippen molar-refractivity contribution in [2.75, 3.05) is 33.2 Å². The maximum Gasteiger partial charge on any atom is 0.256 e. The third-order valence-corrected chi connectivity index (χ3v) is 7.01. The number of pyridine rings is 2. The Morgan fingerprint density at radius 1 is 0.919 bits per heavy atom. The number of hydrogen-bond donors (Lipinski definition) is 0. The first-order valence-corrected chi connectivity index (χ1v) is 12.2. The van der Waals surface area contributed by atoms with Gasteiger partial charge in [0, 0.05) is 67.8 Å². The minimum absolute atomic E-state index is 0.0315. The monoisotopic (exact) mass is 497 g/mol. The van der Waals surface area contributed by atoms with Gasteiger partial charge in [-0.15, -0.1) is 0 Å². The number of likely N-dealkylation sites (N-methyl/N-ethyl adjacent to an activating group) is 1. The molecule has 8 heteroatoms. The van der Waals surface area contributed by atoms with E-state index >= 15 is 8.78 Å². The summed E-state index contributed by atoms with van der Waals surface area (Å²) >= 11 is 0. The first-order valence-electron chi connectivity index (χ1n) is 12.2. The molecule has 0 bridgehead atoms. The number of benzene rings is 2. The Hall–Kier alpha value is -4.17. The number of aromatic nitrogens is 3. The van der Waals surface area contributed by atoms with Gasteiger partial charge in [-0.2, -0.15) is 0 Å². The van der Waals surface area contributed by atoms with Crippen LogP contribution < -0.4 is 0 Å². The number of rotatable bonds is 4. The number of carbonyl (C=O) groups is 1. The molecule has 0 spiro atoms. The summed E-state index contributed by atoms with van der Waals surface area (Å²) in [5.74, 6) is -1.43. The third kappa shape index (κ3) is 4.44. The third-order valence-electron chi connectivity index (χ3n) is 7.01. The number of hydrogen-bond acceptors (Lipinski definition) is 4. The van der Waals surface area contributed by atoms with Crippen LogP contribution in [0.4, 0.5) is 8.78 Å². The highest BCUT2D eigenvalue weighted by molar-refractivity contribution is 5.95. The van der Waals surface area contributed by atoms with Crippen LogP contribution in [-0.4, -0.2) is 63.3 Å². The van der Waals surface area contributed by atoms with Crippen LogP contribution in [-0.2, 0) is 6.42 Å². The van der Waals surface area contributed by atoms with Gasteiger partial charge in [0.2, 0.25) is 0 Å². The smallest absolute Gasteiger partial charge is 0.256 e. The maximum absolute atomic E-state index is 15.1. The fourth-order valence-electron chi connectivity index (χ4n) is 4.88. The van der Waals surface area contributed by atoms with Crippen molar-refractivity contribution in [2.45, 2.75) is 6.42 Å². The zero-order valence-corrected chi connectivity index (χ0v) is 20.4. The van der Waals surface area contributed by atoms with E-state index in [0.717, 1.165) is 35.2 Å². The Morgan fingerprint density at radius 2 is 1.73 bits per heavy atom. The number of nitrogens with zero attached hydrogens (tertiary/aromatic N) is 5. The van der Waals surface area contributed by atoms with Gasteiger partial charge in [0.25, 0.3) is 5.91 Å². The van der Waals surface area contributed by atoms with Crippen LogP contribution in [0.5, 0.6) is 0 Å². The second kappa shape index (κ2) is 9.37. The summed E-state index contributed by atoms with van der Waals surface area (Å²) < 4.78 is 31.8. The van der Waals surface area contributed by atoms with Gasteiger partial charge in [0.1, 0.15) is 5.82 Å². The largest absolute Gasteiger partial charge is 0.336 e. The van der Waals surface area contributed by atoms with Crippen LogP contribution in [0.2, 0.25) is 0 Å². The quantitative estimate of drug-likeness (QED) is 0.358. The summed E-state index contributed by atoms with van der Waals surface area (Å²) in [4.78, 5) is 25.3. The van der Waals surface area contributed by atoms with E-state index in [1.807, 2.05) is 31.3 Å². The number of carbonyl (C=O) groups excluding carboxylic acids is 1. The fourth-order valence-corrected chi connectivity index (χ4v) is 4.88. The molecule has 1 amide bonds. The summed E-state index contributed by atoms with van der Waals surface area (Å²) in [7, 11) is 2.00. The highest BCUT2D eigenvalue weighted by Gasteiger charge is 2.23. The molecule has 186 valence electrons. The fraction of sp³-hybridized carbons (Fsp3) is 0.207. The number of piperazine rings is 1. The average molecular weight is 498 g/mol. The Morgan fingerprint density at radius 3 is 2.54 bits per heavy atom. The molecule has 1 aliphatic rings. The molecule has 6 rings (SSSR count). The van der Waals surface area contributed by atoms with Crippen molar-refractivity contribution in [3.63, 3.8) is 0 Å². The van der Waals surface area contributed by atoms with E-state index in [2.05, 4.69) is 20.9 Å². The molecule has 1 saturated heterocycles. The Labute approximate surface area is 212 Å². The minimum Gasteiger partial charge on any atom is -0.336 e. The van der Waals surface area contributed by atoms with Gasteiger partial charge in [0.15, 0.2) is 11.5 Å². The van der Waals surface area contributed by atoms with Crippen LogP contribution in [0, 0.1) is 11.6 Å². The van der Waals surface area contributed by atoms with E-state index in [4.69, 9.17) is 0 Å². The summed E-state index contributed by atoms with van der Waals surface area (Å²) in [6.07, 6.45) is 5.73. The van der Waals surface area contributed by atoms with Crippen molar-refractivity contribution < 1.29 is 13.6 Å². The van der Waals surface area contributed by atoms with Crippen LogP contribution in [0.25, 0.3) is 27.7 Å². The second-order valence-corrected chi connectivity index (χ2v) is 9.52. The average Bonchev–Trinajstić information content (AvgIpc) is 3.31. The molecular weight excluding hydrogens is 472 g/mol. The van der Waals surface area contributed by atoms with Gasteiger partial charge in [-0.05, 0) is 54.6 Å². The standard InChI is InChI=1S/C29H25F2N5O/c1-34-9-11-35(12-10-34)29(37)24-6-5-20(15-25(24)30)22-16-26(31)28-33-17-23(36(28)18-22)14-19-4-7-27-21(13-19)3-2-8-32-27/h2-8,13,15-18H,9-12,14H2,1H3. The molecule has 5 aromatic rings. The maximum atomic E-state index is 15.1. The molecule has 0 radical (unpaired) electrons. The van der Waals surface area contributed by atoms with Gasteiger partial charge in [-0.1, -0.05) is 18.2 Å². The lowest BCUT2D eigenvalue weighted by Crippen LogP contribution is -2.47. The highest BCUT2D eigenvalue weighted by Crippen LogP contribution is 2.27. The van der Waals surface area contributed by atoms with E-state index in [1.165, 1.54) is 18.2 Å². The molecule has 4 heterocycles. The predicted molar refractivity (Wildman–Crippen MR) is 138 cm³/mol. The van der Waals surface area contributed by atoms with Crippen LogP contribution in [0.15, 0.2) is 73.2 Å². The van der Waals surface area contributed by atoms with E-state index in [0.29, 0.717) is 30.6 Å². The molecule has 6 nitrogen and oxygen atoms in total. The van der Waals surface area contributed by atoms with Gasteiger partial charge in [0.05, 0.1) is 11.1 Å². The molecule has 0 atom stereocenters. The minimum atomic E-state index is -0.613. The lowest BCUT2D eigenvalue weighted by atomic mass is 10.0. The first kappa shape index (κ1) is 23.2. The number of amides is 1. The zero-order chi connectivity index (χ0) is 25.5. The topological polar surface area (TPSA) is 53.7 Å². The SMILES string of the molecule is CN1CCN(C(=O)c2ccc(-c3cc(F)c4ncc(Cc5ccc6ncccc6c5)n4c3)cc2F)CC1. The first-order chi connectivity index (χ1) is 18.0. The molecule has 0 aliphatic carbocycles. The van der Waals surface area contributed by atoms with Crippen molar-refractivity contribution in [1.82, 2.24) is 24.2 Å². The van der Waals surface area contributed by atoms with Crippen molar-refractivity contribution in [3.8, 4) is 11.1 Å². The second-order valence-electron chi connectivity index (χ2n) is 9.52. The molecular formula is C29H25F2N5O. The predicted octanol–water partition coefficient (Wildman–Crippen LogP) is 4.81. The van der Waals surface area contributed by atoms with Gasteiger partial charge < -0.3 is 14.2 Å². The van der Waals surface area contributed by atoms with Crippen LogP contribution >= 0.6 is 0 Å². The molecule has 1 fully saturated rings. The van der Waals surface area contributed by atoms with E-state index in [9.17, 15) is 4.79 Å². The van der Waals surface area contributed by atoms with Crippen LogP contribution in [0.1, 0.15) is 21.6 Å². The lowest BCUT2D eigenvalue weighted by molar-refractivity contribution is 0.0659. The Balaban J connectivity index is 1.31. The molecule has 0 N–H and O–H groups in total. The molecule has 0 saturated carbocycles. The summed E-state index contributed by atoms with van der Waals surface area (Å²) in [6, 6.07) is 15.7. The molecule has 2 aromatic carbocycles. The van der Waals surface area contributed by atoms with Gasteiger partial charge in [-0.3, -0.25) is 9.78 Å². The van der Waals surface area contributed by atoms with E-state index in [1.54, 1.807) is 34.0 Å². The Bertz CT molecular complexity index is 1640. The van der Waals surface area contributed by atoms with E-state index in [-0.39, 0.29) is 17.1 Å². The van der Waals surface area contributed by atoms with Crippen molar-refractivity contribution in [1.29, 1.82) is 0 Å². The summed E-state index contributed by atoms with van der Waals surface area (Å²) in [6.45, 7) is 2.65. The highest BCUT2D eigenvalue weighted by atomic mass is 19.1. The molecule has 0 unspecified atom stereocenters. The summed E-state index contributed by atoms with van der Waals surface area (Å²) in [5, 5.41) is 1.03. The lowest BCUT2D eigenvalue weighted by Gasteiger charge is -2.32. The normalized spacial score (nSPS) is 14.5. The van der Waals surface area contributed by atoms with Crippen molar-refractivity contribution in [3.05, 3.63) is 102 Å². The molecule has 37 heavy (non-hydrogen) atoms. The number of imidazole rings is 1. The van der Waals surface area contributed by atoms with E-state index < -0.39 is 11.6 Å². The number of halogens is 2. The zero-order valence-electron chi connectivity index (χ0n) is 20.4. The van der Waals surface area contributed by atoms with Crippen molar-refractivity contribution >= 4 is 22.5 Å². The van der Waals surface area contributed by atoms with Gasteiger partial charge in [-0.25, -0.2) is 13.8 Å². The molecule has 1 aliphatic heterocycles. The molecule has 3 aromatic heterocycles. The van der Waals surface area contributed by atoms with Gasteiger partial charge >= 0.3 is 0 Å². The summed E-state index contributed by atoms with van der Waals surface area (Å²) in [5.41, 5.74) is 4.00. The number of fused-ring (bicyclic) bond motifs is 2.